The first kappa shape index (κ1) is 20.6. The Bertz CT molecular complexity index is 1420. The Morgan fingerprint density at radius 3 is 2.76 bits per heavy atom. The summed E-state index contributed by atoms with van der Waals surface area (Å²) in [6.07, 6.45) is 6.65. The predicted octanol–water partition coefficient (Wildman–Crippen LogP) is 4.62. The largest absolute Gasteiger partial charge is 0.383 e. The zero-order chi connectivity index (χ0) is 23.4. The highest BCUT2D eigenvalue weighted by Crippen LogP contribution is 2.43. The summed E-state index contributed by atoms with van der Waals surface area (Å²) < 4.78 is 22.0. The van der Waals surface area contributed by atoms with Gasteiger partial charge in [0.05, 0.1) is 22.8 Å². The van der Waals surface area contributed by atoms with Gasteiger partial charge < -0.3 is 15.6 Å². The van der Waals surface area contributed by atoms with Gasteiger partial charge >= 0.3 is 6.03 Å². The van der Waals surface area contributed by atoms with Crippen LogP contribution in [-0.2, 0) is 5.41 Å². The van der Waals surface area contributed by atoms with E-state index in [0.717, 1.165) is 37.8 Å². The van der Waals surface area contributed by atoms with Crippen molar-refractivity contribution in [1.82, 2.24) is 24.9 Å². The third kappa shape index (κ3) is 3.44. The third-order valence-electron chi connectivity index (χ3n) is 6.72. The lowest BCUT2D eigenvalue weighted by Gasteiger charge is -2.35. The van der Waals surface area contributed by atoms with Gasteiger partial charge in [0, 0.05) is 17.0 Å². The van der Waals surface area contributed by atoms with Gasteiger partial charge in [-0.1, -0.05) is 24.6 Å². The molecule has 3 aromatic heterocycles. The van der Waals surface area contributed by atoms with Crippen LogP contribution in [0.5, 0.6) is 0 Å². The lowest BCUT2D eigenvalue weighted by molar-refractivity contribution is 0.251. The van der Waals surface area contributed by atoms with Crippen LogP contribution in [0.15, 0.2) is 35.1 Å². The Balaban J connectivity index is 1.22. The third-order valence-corrected chi connectivity index (χ3v) is 6.72. The SMILES string of the molecule is CC1(c2cc(NC(=O)Nc3ccc(-c4nn(C5CC5)c5ncnc(N)c45)cc3F)on2)CCC1. The molecule has 34 heavy (non-hydrogen) atoms. The number of rotatable bonds is 5. The van der Waals surface area contributed by atoms with Crippen molar-refractivity contribution in [1.29, 1.82) is 0 Å². The number of fused-ring (bicyclic) bond motifs is 1. The van der Waals surface area contributed by atoms with Crippen molar-refractivity contribution in [2.75, 3.05) is 16.4 Å². The number of carbonyl (C=O) groups is 1. The number of hydrogen-bond donors (Lipinski definition) is 3. The molecule has 4 aromatic rings. The van der Waals surface area contributed by atoms with Crippen LogP contribution in [0, 0.1) is 5.82 Å². The number of carbonyl (C=O) groups excluding carboxylic acids is 1. The standard InChI is InChI=1S/C23H23FN8O2/c1-23(7-2-8-23)16-10-17(34-31-16)29-22(33)28-15-6-3-12(9-14(15)24)19-18-20(25)26-11-27-21(18)32(30-19)13-4-5-13/h3,6,9-11,13H,2,4-5,7-8H2,1H3,(H2,25,26,27)(H2,28,29,33). The molecular formula is C23H23FN8O2. The van der Waals surface area contributed by atoms with Crippen molar-refractivity contribution in [2.24, 2.45) is 0 Å². The number of nitrogen functional groups attached to an aromatic ring is 1. The molecule has 10 nitrogen and oxygen atoms in total. The fraction of sp³-hybridized carbons (Fsp3) is 0.348. The molecule has 2 aliphatic carbocycles. The van der Waals surface area contributed by atoms with Crippen LogP contribution >= 0.6 is 0 Å². The molecule has 0 radical (unpaired) electrons. The van der Waals surface area contributed by atoms with Crippen LogP contribution in [0.4, 0.5) is 26.6 Å². The zero-order valence-corrected chi connectivity index (χ0v) is 18.5. The van der Waals surface area contributed by atoms with Gasteiger partial charge in [-0.15, -0.1) is 0 Å². The fourth-order valence-electron chi connectivity index (χ4n) is 4.38. The van der Waals surface area contributed by atoms with E-state index in [9.17, 15) is 9.18 Å². The highest BCUT2D eigenvalue weighted by Gasteiger charge is 2.36. The summed E-state index contributed by atoms with van der Waals surface area (Å²) in [5.74, 6) is -0.112. The Morgan fingerprint density at radius 2 is 2.06 bits per heavy atom. The summed E-state index contributed by atoms with van der Waals surface area (Å²) in [5.41, 5.74) is 8.58. The van der Waals surface area contributed by atoms with Crippen molar-refractivity contribution in [2.45, 2.75) is 50.5 Å². The molecule has 0 atom stereocenters. The molecule has 2 saturated carbocycles. The quantitative estimate of drug-likeness (QED) is 0.393. The van der Waals surface area contributed by atoms with Gasteiger partial charge in [-0.05, 0) is 37.8 Å². The van der Waals surface area contributed by atoms with Crippen molar-refractivity contribution in [3.05, 3.63) is 42.1 Å². The molecule has 6 rings (SSSR count). The average molecular weight is 462 g/mol. The van der Waals surface area contributed by atoms with Crippen LogP contribution < -0.4 is 16.4 Å². The van der Waals surface area contributed by atoms with Crippen molar-refractivity contribution in [3.8, 4) is 11.3 Å². The summed E-state index contributed by atoms with van der Waals surface area (Å²) in [6, 6.07) is 5.82. The summed E-state index contributed by atoms with van der Waals surface area (Å²) in [7, 11) is 0. The number of nitrogens with two attached hydrogens (primary N) is 1. The first-order chi connectivity index (χ1) is 16.4. The minimum Gasteiger partial charge on any atom is -0.383 e. The maximum absolute atomic E-state index is 15.0. The van der Waals surface area contributed by atoms with Gasteiger partial charge in [0.25, 0.3) is 0 Å². The molecule has 2 amide bonds. The zero-order valence-electron chi connectivity index (χ0n) is 18.5. The lowest BCUT2D eigenvalue weighted by atomic mass is 9.68. The second kappa shape index (κ2) is 7.51. The molecule has 0 unspecified atom stereocenters. The minimum absolute atomic E-state index is 0.00700. The number of anilines is 3. The average Bonchev–Trinajstić information content (AvgIpc) is 3.39. The van der Waals surface area contributed by atoms with E-state index in [1.54, 1.807) is 12.1 Å². The Labute approximate surface area is 193 Å². The maximum atomic E-state index is 15.0. The first-order valence-electron chi connectivity index (χ1n) is 11.3. The Morgan fingerprint density at radius 1 is 1.24 bits per heavy atom. The molecule has 174 valence electrons. The van der Waals surface area contributed by atoms with E-state index >= 15 is 0 Å². The van der Waals surface area contributed by atoms with Crippen molar-refractivity contribution in [3.63, 3.8) is 0 Å². The summed E-state index contributed by atoms with van der Waals surface area (Å²) in [4.78, 5) is 20.8. The molecule has 2 aliphatic rings. The summed E-state index contributed by atoms with van der Waals surface area (Å²) in [6.45, 7) is 2.12. The van der Waals surface area contributed by atoms with E-state index < -0.39 is 11.8 Å². The summed E-state index contributed by atoms with van der Waals surface area (Å²) in [5, 5.41) is 14.4. The lowest BCUT2D eigenvalue weighted by Crippen LogP contribution is -2.30. The van der Waals surface area contributed by atoms with Gasteiger partial charge in [-0.25, -0.2) is 23.8 Å². The highest BCUT2D eigenvalue weighted by molar-refractivity contribution is 6.00. The van der Waals surface area contributed by atoms with E-state index in [1.807, 2.05) is 4.68 Å². The number of benzene rings is 1. The minimum atomic E-state index is -0.630. The number of nitrogens with zero attached hydrogens (tertiary/aromatic N) is 5. The van der Waals surface area contributed by atoms with Gasteiger partial charge in [0.2, 0.25) is 5.88 Å². The number of nitrogens with one attached hydrogen (secondary N) is 2. The van der Waals surface area contributed by atoms with E-state index in [4.69, 9.17) is 10.3 Å². The van der Waals surface area contributed by atoms with Gasteiger partial charge in [-0.2, -0.15) is 5.10 Å². The Kier molecular flexibility index (Phi) is 4.54. The van der Waals surface area contributed by atoms with Gasteiger partial charge in [0.1, 0.15) is 23.7 Å². The number of urea groups is 1. The van der Waals surface area contributed by atoms with E-state index in [-0.39, 0.29) is 28.8 Å². The molecular weight excluding hydrogens is 439 g/mol. The number of aromatic nitrogens is 5. The molecule has 0 aliphatic heterocycles. The number of halogens is 1. The maximum Gasteiger partial charge on any atom is 0.326 e. The summed E-state index contributed by atoms with van der Waals surface area (Å²) >= 11 is 0. The van der Waals surface area contributed by atoms with Crippen molar-refractivity contribution >= 4 is 34.5 Å². The van der Waals surface area contributed by atoms with Crippen LogP contribution in [0.1, 0.15) is 50.8 Å². The topological polar surface area (TPSA) is 137 Å². The molecule has 3 heterocycles. The Hall–Kier alpha value is -4.02. The molecule has 0 saturated heterocycles. The van der Waals surface area contributed by atoms with Crippen molar-refractivity contribution < 1.29 is 13.7 Å². The monoisotopic (exact) mass is 462 g/mol. The van der Waals surface area contributed by atoms with E-state index in [0.29, 0.717) is 22.3 Å². The highest BCUT2D eigenvalue weighted by atomic mass is 19.1. The van der Waals surface area contributed by atoms with Gasteiger partial charge in [0.15, 0.2) is 5.65 Å². The number of hydrogen-bond acceptors (Lipinski definition) is 7. The smallest absolute Gasteiger partial charge is 0.326 e. The normalized spacial score (nSPS) is 16.9. The molecule has 4 N–H and O–H groups in total. The molecule has 2 fully saturated rings. The molecule has 0 spiro atoms. The van der Waals surface area contributed by atoms with E-state index in [2.05, 4.69) is 37.8 Å². The van der Waals surface area contributed by atoms with Crippen LogP contribution in [-0.4, -0.2) is 30.9 Å². The van der Waals surface area contributed by atoms with E-state index in [1.165, 1.54) is 18.5 Å². The molecule has 0 bridgehead atoms. The molecule has 1 aromatic carbocycles. The fourth-order valence-corrected chi connectivity index (χ4v) is 4.38. The second-order valence-electron chi connectivity index (χ2n) is 9.25. The first-order valence-corrected chi connectivity index (χ1v) is 11.3. The van der Waals surface area contributed by atoms with Crippen LogP contribution in [0.3, 0.4) is 0 Å². The van der Waals surface area contributed by atoms with Gasteiger partial charge in [-0.3, -0.25) is 5.32 Å². The van der Waals surface area contributed by atoms with Crippen LogP contribution in [0.2, 0.25) is 0 Å². The predicted molar refractivity (Wildman–Crippen MR) is 124 cm³/mol. The molecule has 11 heteroatoms. The number of amides is 2. The second-order valence-corrected chi connectivity index (χ2v) is 9.25. The van der Waals surface area contributed by atoms with Crippen LogP contribution in [0.25, 0.3) is 22.3 Å².